The number of hydrogen-bond acceptors (Lipinski definition) is 6. The van der Waals surface area contributed by atoms with Gasteiger partial charge in [0.05, 0.1) is 11.9 Å². The molecule has 3 aliphatic heterocycles. The molecule has 6 nitrogen and oxygen atoms in total. The van der Waals surface area contributed by atoms with E-state index in [1.165, 1.54) is 12.3 Å². The maximum atomic E-state index is 14.3. The number of hydrogen-bond donors (Lipinski definition) is 0. The zero-order valence-corrected chi connectivity index (χ0v) is 12.2. The standard InChI is InChI=1S/C16H10F2N2O4/c17-8-4-6-3-7-5-19-24-16(7)20-9-1-2-10(21)13(22)14(9)23-15(11(8)18)12(6)20/h3-6,12,16H,1-2H2. The van der Waals surface area contributed by atoms with Crippen molar-refractivity contribution in [3.8, 4) is 0 Å². The maximum Gasteiger partial charge on any atom is 0.265 e. The predicted octanol–water partition coefficient (Wildman–Crippen LogP) is 1.78. The second kappa shape index (κ2) is 4.40. The van der Waals surface area contributed by atoms with Crippen molar-refractivity contribution in [3.05, 3.63) is 46.6 Å². The van der Waals surface area contributed by atoms with Crippen LogP contribution in [0.4, 0.5) is 8.78 Å². The molecule has 3 atom stereocenters. The molecule has 5 aliphatic rings. The van der Waals surface area contributed by atoms with Crippen LogP contribution >= 0.6 is 0 Å². The minimum atomic E-state index is -1.16. The molecular weight excluding hydrogens is 322 g/mol. The van der Waals surface area contributed by atoms with Crippen molar-refractivity contribution in [1.29, 1.82) is 0 Å². The van der Waals surface area contributed by atoms with Crippen LogP contribution in [0.2, 0.25) is 0 Å². The molecule has 0 amide bonds. The fourth-order valence-corrected chi connectivity index (χ4v) is 3.78. The van der Waals surface area contributed by atoms with Gasteiger partial charge in [-0.25, -0.2) is 4.39 Å². The Balaban J connectivity index is 1.75. The number of rotatable bonds is 0. The van der Waals surface area contributed by atoms with Gasteiger partial charge in [-0.2, -0.15) is 4.39 Å². The highest BCUT2D eigenvalue weighted by Crippen LogP contribution is 2.48. The van der Waals surface area contributed by atoms with E-state index in [9.17, 15) is 18.4 Å². The number of ether oxygens (including phenoxy) is 1. The summed E-state index contributed by atoms with van der Waals surface area (Å²) in [6, 6.07) is -0.667. The first-order chi connectivity index (χ1) is 11.6. The van der Waals surface area contributed by atoms with Crippen molar-refractivity contribution in [2.75, 3.05) is 0 Å². The zero-order chi connectivity index (χ0) is 16.6. The van der Waals surface area contributed by atoms with Crippen molar-refractivity contribution in [3.63, 3.8) is 0 Å². The highest BCUT2D eigenvalue weighted by atomic mass is 19.2. The molecule has 3 heterocycles. The molecular formula is C16H10F2N2O4. The van der Waals surface area contributed by atoms with Crippen molar-refractivity contribution < 1.29 is 27.9 Å². The Kier molecular flexibility index (Phi) is 2.50. The van der Waals surface area contributed by atoms with E-state index in [1.54, 1.807) is 11.0 Å². The van der Waals surface area contributed by atoms with Gasteiger partial charge in [-0.05, 0) is 12.5 Å². The largest absolute Gasteiger partial charge is 0.450 e. The fourth-order valence-electron chi connectivity index (χ4n) is 3.78. The second-order valence-corrected chi connectivity index (χ2v) is 6.11. The lowest BCUT2D eigenvalue weighted by molar-refractivity contribution is -0.138. The molecule has 0 radical (unpaired) electrons. The zero-order valence-electron chi connectivity index (χ0n) is 12.2. The Labute approximate surface area is 134 Å². The monoisotopic (exact) mass is 332 g/mol. The first-order valence-corrected chi connectivity index (χ1v) is 7.51. The summed E-state index contributed by atoms with van der Waals surface area (Å²) in [7, 11) is 0. The minimum absolute atomic E-state index is 0.0489. The summed E-state index contributed by atoms with van der Waals surface area (Å²) < 4.78 is 33.7. The SMILES string of the molecule is O=C1CCC2=C(OC3=C(F)C(F)=CC4C=C5C=NOC5N2C34)C1=O. The Hall–Kier alpha value is -2.77. The number of oxime groups is 1. The molecule has 24 heavy (non-hydrogen) atoms. The van der Waals surface area contributed by atoms with Crippen LogP contribution in [0, 0.1) is 5.92 Å². The third kappa shape index (κ3) is 1.55. The fraction of sp³-hybridized carbons (Fsp3) is 0.312. The smallest absolute Gasteiger partial charge is 0.265 e. The summed E-state index contributed by atoms with van der Waals surface area (Å²) in [6.07, 6.45) is 4.12. The lowest BCUT2D eigenvalue weighted by Crippen LogP contribution is -2.55. The third-order valence-electron chi connectivity index (χ3n) is 4.82. The third-order valence-corrected chi connectivity index (χ3v) is 4.82. The van der Waals surface area contributed by atoms with Gasteiger partial charge in [0.15, 0.2) is 23.2 Å². The number of carbonyl (C=O) groups is 2. The van der Waals surface area contributed by atoms with Gasteiger partial charge in [-0.15, -0.1) is 0 Å². The van der Waals surface area contributed by atoms with E-state index in [0.29, 0.717) is 11.3 Å². The summed E-state index contributed by atoms with van der Waals surface area (Å²) >= 11 is 0. The van der Waals surface area contributed by atoms with Crippen LogP contribution in [0.1, 0.15) is 12.8 Å². The van der Waals surface area contributed by atoms with Gasteiger partial charge < -0.3 is 14.5 Å². The van der Waals surface area contributed by atoms with Crippen molar-refractivity contribution >= 4 is 17.8 Å². The lowest BCUT2D eigenvalue weighted by Gasteiger charge is -2.49. The summed E-state index contributed by atoms with van der Waals surface area (Å²) in [6.45, 7) is 0. The molecule has 5 rings (SSSR count). The maximum absolute atomic E-state index is 14.3. The van der Waals surface area contributed by atoms with Gasteiger partial charge in [-0.1, -0.05) is 11.2 Å². The van der Waals surface area contributed by atoms with Crippen LogP contribution < -0.4 is 0 Å². The van der Waals surface area contributed by atoms with E-state index in [0.717, 1.165) is 0 Å². The first-order valence-electron chi connectivity index (χ1n) is 7.51. The molecule has 0 aromatic carbocycles. The molecule has 3 unspecified atom stereocenters. The van der Waals surface area contributed by atoms with Crippen LogP contribution in [-0.4, -0.2) is 35.0 Å². The number of carbonyl (C=O) groups excluding carboxylic acids is 2. The Morgan fingerprint density at radius 1 is 1.21 bits per heavy atom. The van der Waals surface area contributed by atoms with Crippen LogP contribution in [0.5, 0.6) is 0 Å². The van der Waals surface area contributed by atoms with Crippen LogP contribution in [0.25, 0.3) is 0 Å². The number of fused-ring (bicyclic) bond motifs is 3. The van der Waals surface area contributed by atoms with E-state index in [4.69, 9.17) is 9.57 Å². The van der Waals surface area contributed by atoms with E-state index in [2.05, 4.69) is 5.16 Å². The summed E-state index contributed by atoms with van der Waals surface area (Å²) in [4.78, 5) is 30.9. The lowest BCUT2D eigenvalue weighted by atomic mass is 9.82. The molecule has 0 N–H and O–H groups in total. The summed E-state index contributed by atoms with van der Waals surface area (Å²) in [5.74, 6) is -4.65. The number of halogens is 2. The summed E-state index contributed by atoms with van der Waals surface area (Å²) in [5.41, 5.74) is 1.17. The normalized spacial score (nSPS) is 33.4. The predicted molar refractivity (Wildman–Crippen MR) is 75.2 cm³/mol. The minimum Gasteiger partial charge on any atom is -0.450 e. The number of nitrogens with zero attached hydrogens (tertiary/aromatic N) is 2. The topological polar surface area (TPSA) is 68.2 Å². The molecule has 8 heteroatoms. The van der Waals surface area contributed by atoms with Crippen molar-refractivity contribution in [1.82, 2.24) is 4.90 Å². The van der Waals surface area contributed by atoms with Crippen LogP contribution in [0.3, 0.4) is 0 Å². The van der Waals surface area contributed by atoms with Gasteiger partial charge in [0, 0.05) is 17.9 Å². The van der Waals surface area contributed by atoms with Gasteiger partial charge in [-0.3, -0.25) is 9.59 Å². The highest BCUT2D eigenvalue weighted by molar-refractivity contribution is 6.43. The Bertz CT molecular complexity index is 867. The van der Waals surface area contributed by atoms with Gasteiger partial charge in [0.25, 0.3) is 5.78 Å². The van der Waals surface area contributed by atoms with Gasteiger partial charge >= 0.3 is 0 Å². The Morgan fingerprint density at radius 2 is 2.04 bits per heavy atom. The molecule has 0 saturated carbocycles. The van der Waals surface area contributed by atoms with E-state index < -0.39 is 41.4 Å². The van der Waals surface area contributed by atoms with Crippen molar-refractivity contribution in [2.24, 2.45) is 11.1 Å². The molecule has 0 saturated heterocycles. The van der Waals surface area contributed by atoms with Gasteiger partial charge in [0.1, 0.15) is 6.04 Å². The molecule has 0 bridgehead atoms. The quantitative estimate of drug-likeness (QED) is 0.633. The average molecular weight is 332 g/mol. The van der Waals surface area contributed by atoms with Crippen LogP contribution in [-0.2, 0) is 19.2 Å². The molecule has 0 fully saturated rings. The van der Waals surface area contributed by atoms with E-state index in [1.807, 2.05) is 0 Å². The Morgan fingerprint density at radius 3 is 2.88 bits per heavy atom. The highest BCUT2D eigenvalue weighted by Gasteiger charge is 2.52. The van der Waals surface area contributed by atoms with E-state index in [-0.39, 0.29) is 24.4 Å². The molecule has 0 aromatic rings. The van der Waals surface area contributed by atoms with Crippen molar-refractivity contribution in [2.45, 2.75) is 25.1 Å². The second-order valence-electron chi connectivity index (χ2n) is 6.11. The van der Waals surface area contributed by atoms with E-state index >= 15 is 0 Å². The molecule has 2 aliphatic carbocycles. The molecule has 122 valence electrons. The number of ketones is 2. The van der Waals surface area contributed by atoms with Crippen LogP contribution in [0.15, 0.2) is 51.7 Å². The number of Topliss-reactive ketones (excluding diaryl/α,β-unsaturated/α-hetero) is 2. The first kappa shape index (κ1) is 13.6. The molecule has 0 spiro atoms. The molecule has 0 aromatic heterocycles. The summed E-state index contributed by atoms with van der Waals surface area (Å²) in [5, 5.41) is 3.77. The van der Waals surface area contributed by atoms with Gasteiger partial charge in [0.2, 0.25) is 12.0 Å². The number of allylic oxidation sites excluding steroid dienone is 4. The average Bonchev–Trinajstić information content (AvgIpc) is 3.03.